The van der Waals surface area contributed by atoms with Gasteiger partial charge in [0.25, 0.3) is 17.7 Å². The highest BCUT2D eigenvalue weighted by atomic mass is 32.2. The van der Waals surface area contributed by atoms with Crippen molar-refractivity contribution in [1.82, 2.24) is 15.2 Å². The molecule has 0 spiro atoms. The molecule has 0 saturated carbocycles. The van der Waals surface area contributed by atoms with Crippen LogP contribution in [0.3, 0.4) is 0 Å². The molecule has 2 aliphatic rings. The second kappa shape index (κ2) is 9.15. The Morgan fingerprint density at radius 3 is 3.00 bits per heavy atom. The number of ether oxygens (including phenoxy) is 1. The van der Waals surface area contributed by atoms with Crippen LogP contribution in [-0.2, 0) is 14.3 Å². The lowest BCUT2D eigenvalue weighted by atomic mass is 10.2. The molecule has 0 radical (unpaired) electrons. The topological polar surface area (TPSA) is 154 Å². The number of aromatic nitrogens is 1. The number of thioether (sulfide) groups is 1. The van der Waals surface area contributed by atoms with Gasteiger partial charge in [-0.25, -0.2) is 4.98 Å². The first-order valence-electron chi connectivity index (χ1n) is 8.32. The first-order valence-corrected chi connectivity index (χ1v) is 10.2. The highest BCUT2D eigenvalue weighted by molar-refractivity contribution is 8.14. The van der Waals surface area contributed by atoms with Crippen LogP contribution >= 0.6 is 23.1 Å². The van der Waals surface area contributed by atoms with Crippen LogP contribution < -0.4 is 5.32 Å². The van der Waals surface area contributed by atoms with Gasteiger partial charge >= 0.3 is 0 Å². The molecular formula is C16H17N5O6S2. The van der Waals surface area contributed by atoms with E-state index in [1.165, 1.54) is 30.3 Å². The zero-order chi connectivity index (χ0) is 21.0. The average Bonchev–Trinajstić information content (AvgIpc) is 3.45. The van der Waals surface area contributed by atoms with Crippen molar-refractivity contribution >= 4 is 52.1 Å². The Kier molecular flexibility index (Phi) is 6.61. The quantitative estimate of drug-likeness (QED) is 0.221. The van der Waals surface area contributed by atoms with E-state index in [9.17, 15) is 19.5 Å². The number of rotatable bonds is 7. The van der Waals surface area contributed by atoms with E-state index in [2.05, 4.69) is 20.4 Å². The van der Waals surface area contributed by atoms with E-state index in [0.29, 0.717) is 21.6 Å². The first-order chi connectivity index (χ1) is 14.0. The standard InChI is InChI=1S/C16H17N5O6S2/c1-27-8-2-13(23)21(4-8)16(25)11-7-29-15(20-11)9(5-22)19-14(24)10-6-28-12(18-10)3-17-26/h2-3,6,9,11,22,26H,4-5,7H2,1H3,(H,19,24)/t9-,11+/m0/s1. The Hall–Kier alpha value is -2.77. The van der Waals surface area contributed by atoms with Crippen molar-refractivity contribution in [2.24, 2.45) is 10.1 Å². The van der Waals surface area contributed by atoms with Crippen LogP contribution in [0.25, 0.3) is 0 Å². The number of nitrogens with one attached hydrogen (secondary N) is 1. The number of hydrogen-bond donors (Lipinski definition) is 3. The summed E-state index contributed by atoms with van der Waals surface area (Å²) in [5.41, 5.74) is 0.0976. The second-order valence-electron chi connectivity index (χ2n) is 5.90. The van der Waals surface area contributed by atoms with Gasteiger partial charge < -0.3 is 20.4 Å². The van der Waals surface area contributed by atoms with Crippen molar-refractivity contribution in [2.75, 3.05) is 26.0 Å². The van der Waals surface area contributed by atoms with E-state index in [1.807, 2.05) is 0 Å². The fourth-order valence-electron chi connectivity index (χ4n) is 2.61. The van der Waals surface area contributed by atoms with Gasteiger partial charge in [0, 0.05) is 17.2 Å². The third-order valence-electron chi connectivity index (χ3n) is 4.06. The third kappa shape index (κ3) is 4.63. The lowest BCUT2D eigenvalue weighted by molar-refractivity contribution is -0.141. The molecule has 3 amide bonds. The average molecular weight is 439 g/mol. The van der Waals surface area contributed by atoms with Gasteiger partial charge in [-0.05, 0) is 0 Å². The number of aliphatic hydroxyl groups is 1. The molecule has 0 bridgehead atoms. The fraction of sp³-hybridized carbons (Fsp3) is 0.375. The summed E-state index contributed by atoms with van der Waals surface area (Å²) in [6.45, 7) is -0.366. The van der Waals surface area contributed by atoms with Crippen LogP contribution in [0.2, 0.25) is 0 Å². The van der Waals surface area contributed by atoms with E-state index in [-0.39, 0.29) is 12.2 Å². The summed E-state index contributed by atoms with van der Waals surface area (Å²) >= 11 is 2.34. The van der Waals surface area contributed by atoms with Crippen molar-refractivity contribution < 1.29 is 29.4 Å². The van der Waals surface area contributed by atoms with Gasteiger partial charge in [0.05, 0.1) is 25.3 Å². The molecule has 0 fully saturated rings. The minimum Gasteiger partial charge on any atom is -0.499 e. The van der Waals surface area contributed by atoms with Crippen LogP contribution in [-0.4, -0.2) is 87.3 Å². The maximum atomic E-state index is 12.6. The highest BCUT2D eigenvalue weighted by Gasteiger charge is 2.37. The number of imide groups is 1. The van der Waals surface area contributed by atoms with Gasteiger partial charge in [-0.15, -0.1) is 23.1 Å². The Morgan fingerprint density at radius 1 is 1.55 bits per heavy atom. The molecule has 3 heterocycles. The predicted molar refractivity (Wildman–Crippen MR) is 105 cm³/mol. The molecule has 0 aromatic carbocycles. The molecule has 29 heavy (non-hydrogen) atoms. The number of amides is 3. The minimum atomic E-state index is -0.816. The van der Waals surface area contributed by atoms with Crippen molar-refractivity contribution in [2.45, 2.75) is 12.1 Å². The Balaban J connectivity index is 1.65. The zero-order valence-corrected chi connectivity index (χ0v) is 16.8. The third-order valence-corrected chi connectivity index (χ3v) is 6.01. The number of oxime groups is 1. The van der Waals surface area contributed by atoms with Gasteiger partial charge in [-0.3, -0.25) is 24.3 Å². The molecule has 154 valence electrons. The SMILES string of the molecule is COC1=CC(=O)N(C(=O)[C@H]2CSC([C@H](CO)NC(=O)c3csc(C=NO)n3)=N2)C1. The summed E-state index contributed by atoms with van der Waals surface area (Å²) in [4.78, 5) is 46.2. The Bertz CT molecular complexity index is 911. The fourth-order valence-corrected chi connectivity index (χ4v) is 4.35. The van der Waals surface area contributed by atoms with Crippen molar-refractivity contribution in [1.29, 1.82) is 0 Å². The van der Waals surface area contributed by atoms with Gasteiger partial charge in [0.2, 0.25) is 0 Å². The summed E-state index contributed by atoms with van der Waals surface area (Å²) in [5.74, 6) is -0.776. The smallest absolute Gasteiger partial charge is 0.271 e. The summed E-state index contributed by atoms with van der Waals surface area (Å²) in [5, 5.41) is 25.8. The number of carbonyl (C=O) groups excluding carboxylic acids is 3. The molecular weight excluding hydrogens is 422 g/mol. The maximum absolute atomic E-state index is 12.6. The number of hydrogen-bond acceptors (Lipinski definition) is 11. The molecule has 13 heteroatoms. The van der Waals surface area contributed by atoms with Crippen LogP contribution in [0.1, 0.15) is 15.5 Å². The van der Waals surface area contributed by atoms with E-state index >= 15 is 0 Å². The monoisotopic (exact) mass is 439 g/mol. The van der Waals surface area contributed by atoms with Crippen LogP contribution in [0.15, 0.2) is 27.4 Å². The lowest BCUT2D eigenvalue weighted by Crippen LogP contribution is -2.42. The van der Waals surface area contributed by atoms with Gasteiger partial charge in [-0.1, -0.05) is 5.16 Å². The normalized spacial score (nSPS) is 20.0. The summed E-state index contributed by atoms with van der Waals surface area (Å²) in [7, 11) is 1.42. The molecule has 3 rings (SSSR count). The molecule has 11 nitrogen and oxygen atoms in total. The van der Waals surface area contributed by atoms with Crippen molar-refractivity contribution in [3.63, 3.8) is 0 Å². The van der Waals surface area contributed by atoms with E-state index in [1.54, 1.807) is 0 Å². The van der Waals surface area contributed by atoms with Gasteiger partial charge in [-0.2, -0.15) is 0 Å². The summed E-state index contributed by atoms with van der Waals surface area (Å²) in [6.07, 6.45) is 2.35. The van der Waals surface area contributed by atoms with Gasteiger partial charge in [0.1, 0.15) is 34.8 Å². The highest BCUT2D eigenvalue weighted by Crippen LogP contribution is 2.24. The largest absolute Gasteiger partial charge is 0.499 e. The predicted octanol–water partition coefficient (Wildman–Crippen LogP) is -0.545. The number of carbonyl (C=O) groups is 3. The van der Waals surface area contributed by atoms with Crippen LogP contribution in [0, 0.1) is 0 Å². The van der Waals surface area contributed by atoms with E-state index in [4.69, 9.17) is 9.94 Å². The van der Waals surface area contributed by atoms with Crippen molar-refractivity contribution in [3.8, 4) is 0 Å². The Labute approximate surface area is 173 Å². The molecule has 0 aliphatic carbocycles. The molecule has 2 atom stereocenters. The molecule has 0 saturated heterocycles. The maximum Gasteiger partial charge on any atom is 0.271 e. The number of nitrogens with zero attached hydrogens (tertiary/aromatic N) is 4. The second-order valence-corrected chi connectivity index (χ2v) is 7.83. The molecule has 2 aliphatic heterocycles. The summed E-state index contributed by atoms with van der Waals surface area (Å²) < 4.78 is 5.00. The number of methoxy groups -OCH3 is 1. The van der Waals surface area contributed by atoms with Crippen molar-refractivity contribution in [3.05, 3.63) is 27.9 Å². The number of thiazole rings is 1. The number of aliphatic imine (C=N–C) groups is 1. The molecule has 0 unspecified atom stereocenters. The summed E-state index contributed by atoms with van der Waals surface area (Å²) in [6, 6.07) is -1.61. The van der Waals surface area contributed by atoms with Gasteiger partial charge in [0.15, 0.2) is 0 Å². The van der Waals surface area contributed by atoms with E-state index in [0.717, 1.165) is 22.5 Å². The minimum absolute atomic E-state index is 0.0592. The van der Waals surface area contributed by atoms with E-state index < -0.39 is 36.4 Å². The molecule has 3 N–H and O–H groups in total. The molecule has 1 aromatic rings. The van der Waals surface area contributed by atoms with Crippen LogP contribution in [0.5, 0.6) is 0 Å². The Morgan fingerprint density at radius 2 is 2.34 bits per heavy atom. The molecule has 1 aromatic heterocycles. The number of aliphatic hydroxyl groups excluding tert-OH is 1. The van der Waals surface area contributed by atoms with Crippen LogP contribution in [0.4, 0.5) is 0 Å². The lowest BCUT2D eigenvalue weighted by Gasteiger charge is -2.17. The zero-order valence-electron chi connectivity index (χ0n) is 15.1. The first kappa shape index (κ1) is 21.0.